The number of nitrogens with one attached hydrogen (secondary N) is 1. The average Bonchev–Trinajstić information content (AvgIpc) is 3.04. The van der Waals surface area contributed by atoms with Crippen LogP contribution in [0, 0.1) is 16.7 Å². The quantitative estimate of drug-likeness (QED) is 0.417. The molecule has 0 radical (unpaired) electrons. The third-order valence-corrected chi connectivity index (χ3v) is 8.12. The van der Waals surface area contributed by atoms with Crippen LogP contribution in [0.3, 0.4) is 0 Å². The van der Waals surface area contributed by atoms with Gasteiger partial charge in [0.15, 0.2) is 0 Å². The molecule has 7 nitrogen and oxygen atoms in total. The summed E-state index contributed by atoms with van der Waals surface area (Å²) in [6.07, 6.45) is 0.825. The molecule has 0 saturated heterocycles. The van der Waals surface area contributed by atoms with Gasteiger partial charge in [0.25, 0.3) is 0 Å². The number of aliphatic carboxylic acids is 2. The number of ether oxygens (including phenoxy) is 1. The first-order valence-corrected chi connectivity index (χ1v) is 12.0. The van der Waals surface area contributed by atoms with E-state index in [0.717, 1.165) is 5.56 Å². The third kappa shape index (κ3) is 5.73. The summed E-state index contributed by atoms with van der Waals surface area (Å²) in [6.45, 7) is 5.44. The second kappa shape index (κ2) is 10.5. The number of carbonyl (C=O) groups is 3. The molecule has 9 heteroatoms. The van der Waals surface area contributed by atoms with Gasteiger partial charge >= 0.3 is 11.9 Å². The highest BCUT2D eigenvalue weighted by Gasteiger charge is 2.58. The third-order valence-electron chi connectivity index (χ3n) is 7.38. The molecule has 2 aromatic carbocycles. The van der Waals surface area contributed by atoms with Crippen LogP contribution in [0.25, 0.3) is 0 Å². The monoisotopic (exact) mass is 521 g/mol. The van der Waals surface area contributed by atoms with E-state index in [4.69, 9.17) is 27.9 Å². The minimum Gasteiger partial charge on any atom is -0.489 e. The summed E-state index contributed by atoms with van der Waals surface area (Å²) in [5.74, 6) is -2.54. The SMILES string of the molecule is CC1(C(=O)O)CCC(C(=O)N[C@@H](Cc2ccc(OCc3ccc(Cl)c(Cl)c3)cc2)C(=O)O)C1(C)C. The van der Waals surface area contributed by atoms with Crippen molar-refractivity contribution in [2.75, 3.05) is 0 Å². The Labute approximate surface area is 214 Å². The fourth-order valence-electron chi connectivity index (χ4n) is 4.57. The lowest BCUT2D eigenvalue weighted by molar-refractivity contribution is -0.155. The molecule has 35 heavy (non-hydrogen) atoms. The van der Waals surface area contributed by atoms with Gasteiger partial charge in [-0.05, 0) is 60.6 Å². The number of amides is 1. The molecule has 2 aromatic rings. The predicted molar refractivity (Wildman–Crippen MR) is 133 cm³/mol. The normalized spacial score (nSPS) is 21.8. The minimum absolute atomic E-state index is 0.0808. The molecule has 1 saturated carbocycles. The number of benzene rings is 2. The molecule has 2 unspecified atom stereocenters. The fourth-order valence-corrected chi connectivity index (χ4v) is 4.89. The van der Waals surface area contributed by atoms with Crippen LogP contribution in [0.5, 0.6) is 5.75 Å². The molecular formula is C26H29Cl2NO6. The van der Waals surface area contributed by atoms with E-state index in [1.807, 2.05) is 6.07 Å². The van der Waals surface area contributed by atoms with Crippen LogP contribution in [-0.2, 0) is 27.4 Å². The van der Waals surface area contributed by atoms with Crippen LogP contribution < -0.4 is 10.1 Å². The largest absolute Gasteiger partial charge is 0.489 e. The van der Waals surface area contributed by atoms with Crippen molar-refractivity contribution < 1.29 is 29.3 Å². The van der Waals surface area contributed by atoms with Crippen molar-refractivity contribution in [2.24, 2.45) is 16.7 Å². The van der Waals surface area contributed by atoms with Crippen molar-refractivity contribution in [2.45, 2.75) is 52.7 Å². The second-order valence-corrected chi connectivity index (χ2v) is 10.5. The Balaban J connectivity index is 1.62. The zero-order valence-electron chi connectivity index (χ0n) is 19.8. The standard InChI is InChI=1S/C26H29Cl2NO6/c1-25(2)18(10-11-26(25,3)24(33)34)22(30)29-21(23(31)32)13-15-4-7-17(8-5-15)35-14-16-6-9-19(27)20(28)12-16/h4-9,12,18,21H,10-11,13-14H2,1-3H3,(H,29,30)(H,31,32)(H,33,34)/t18?,21-,26?/m0/s1. The Morgan fingerprint density at radius 3 is 2.20 bits per heavy atom. The van der Waals surface area contributed by atoms with Gasteiger partial charge in [-0.25, -0.2) is 4.79 Å². The van der Waals surface area contributed by atoms with E-state index >= 15 is 0 Å². The molecule has 0 aromatic heterocycles. The van der Waals surface area contributed by atoms with E-state index < -0.39 is 40.6 Å². The summed E-state index contributed by atoms with van der Waals surface area (Å²) < 4.78 is 5.75. The smallest absolute Gasteiger partial charge is 0.326 e. The van der Waals surface area contributed by atoms with Crippen molar-refractivity contribution in [1.82, 2.24) is 5.32 Å². The molecule has 1 aliphatic carbocycles. The van der Waals surface area contributed by atoms with E-state index in [0.29, 0.717) is 34.2 Å². The maximum atomic E-state index is 13.0. The summed E-state index contributed by atoms with van der Waals surface area (Å²) in [7, 11) is 0. The lowest BCUT2D eigenvalue weighted by Crippen LogP contribution is -2.49. The van der Waals surface area contributed by atoms with E-state index in [1.165, 1.54) is 0 Å². The summed E-state index contributed by atoms with van der Waals surface area (Å²) in [5, 5.41) is 22.9. The topological polar surface area (TPSA) is 113 Å². The van der Waals surface area contributed by atoms with E-state index in [9.17, 15) is 24.6 Å². The highest BCUT2D eigenvalue weighted by Crippen LogP contribution is 2.56. The molecule has 1 aliphatic rings. The molecule has 1 fully saturated rings. The molecule has 0 aliphatic heterocycles. The van der Waals surface area contributed by atoms with E-state index in [2.05, 4.69) is 5.32 Å². The Morgan fingerprint density at radius 2 is 1.66 bits per heavy atom. The first-order chi connectivity index (χ1) is 16.3. The number of carboxylic acids is 2. The van der Waals surface area contributed by atoms with Gasteiger partial charge in [-0.15, -0.1) is 0 Å². The molecular weight excluding hydrogens is 493 g/mol. The molecule has 0 spiro atoms. The summed E-state index contributed by atoms with van der Waals surface area (Å²) in [4.78, 5) is 36.7. The van der Waals surface area contributed by atoms with Crippen LogP contribution in [-0.4, -0.2) is 34.1 Å². The zero-order valence-corrected chi connectivity index (χ0v) is 21.3. The van der Waals surface area contributed by atoms with Crippen molar-refractivity contribution in [3.05, 3.63) is 63.6 Å². The Bertz CT molecular complexity index is 1120. The van der Waals surface area contributed by atoms with Gasteiger partial charge in [-0.3, -0.25) is 9.59 Å². The molecule has 3 atom stereocenters. The van der Waals surface area contributed by atoms with Crippen molar-refractivity contribution in [1.29, 1.82) is 0 Å². The van der Waals surface area contributed by atoms with Crippen molar-refractivity contribution in [3.8, 4) is 5.75 Å². The second-order valence-electron chi connectivity index (χ2n) is 9.73. The van der Waals surface area contributed by atoms with Gasteiger partial charge in [0.2, 0.25) is 5.91 Å². The maximum Gasteiger partial charge on any atom is 0.326 e. The van der Waals surface area contributed by atoms with Crippen LogP contribution in [0.4, 0.5) is 0 Å². The number of hydrogen-bond acceptors (Lipinski definition) is 4. The molecule has 0 bridgehead atoms. The van der Waals surface area contributed by atoms with Crippen LogP contribution in [0.2, 0.25) is 10.0 Å². The number of hydrogen-bond donors (Lipinski definition) is 3. The minimum atomic E-state index is -1.16. The number of halogens is 2. The number of carboxylic acid groups (broad SMARTS) is 2. The van der Waals surface area contributed by atoms with Gasteiger partial charge in [-0.1, -0.05) is 55.2 Å². The maximum absolute atomic E-state index is 13.0. The van der Waals surface area contributed by atoms with E-state index in [1.54, 1.807) is 57.2 Å². The Morgan fingerprint density at radius 1 is 1.03 bits per heavy atom. The average molecular weight is 522 g/mol. The van der Waals surface area contributed by atoms with Crippen LogP contribution >= 0.6 is 23.2 Å². The summed E-state index contributed by atoms with van der Waals surface area (Å²) in [5.41, 5.74) is -0.313. The number of carbonyl (C=O) groups excluding carboxylic acids is 1. The highest BCUT2D eigenvalue weighted by molar-refractivity contribution is 6.42. The first-order valence-electron chi connectivity index (χ1n) is 11.3. The lowest BCUT2D eigenvalue weighted by atomic mass is 9.65. The van der Waals surface area contributed by atoms with E-state index in [-0.39, 0.29) is 13.0 Å². The molecule has 3 N–H and O–H groups in total. The van der Waals surface area contributed by atoms with Gasteiger partial charge in [0.05, 0.1) is 15.5 Å². The molecule has 0 heterocycles. The first kappa shape index (κ1) is 26.8. The summed E-state index contributed by atoms with van der Waals surface area (Å²) in [6, 6.07) is 11.0. The highest BCUT2D eigenvalue weighted by atomic mass is 35.5. The molecule has 188 valence electrons. The van der Waals surface area contributed by atoms with Gasteiger partial charge in [0.1, 0.15) is 18.4 Å². The molecule has 3 rings (SSSR count). The van der Waals surface area contributed by atoms with Gasteiger partial charge in [0, 0.05) is 12.3 Å². The van der Waals surface area contributed by atoms with Gasteiger partial charge < -0.3 is 20.3 Å². The van der Waals surface area contributed by atoms with Crippen LogP contribution in [0.1, 0.15) is 44.7 Å². The van der Waals surface area contributed by atoms with Crippen molar-refractivity contribution in [3.63, 3.8) is 0 Å². The van der Waals surface area contributed by atoms with Crippen molar-refractivity contribution >= 4 is 41.0 Å². The Kier molecular flexibility index (Phi) is 8.02. The lowest BCUT2D eigenvalue weighted by Gasteiger charge is -2.38. The van der Waals surface area contributed by atoms with Crippen LogP contribution in [0.15, 0.2) is 42.5 Å². The Hall–Kier alpha value is -2.77. The number of rotatable bonds is 9. The molecule has 1 amide bonds. The zero-order chi connectivity index (χ0) is 26.0. The van der Waals surface area contributed by atoms with Gasteiger partial charge in [-0.2, -0.15) is 0 Å². The predicted octanol–water partition coefficient (Wildman–Crippen LogP) is 5.21. The summed E-state index contributed by atoms with van der Waals surface area (Å²) >= 11 is 11.9. The fraction of sp³-hybridized carbons (Fsp3) is 0.423.